The number of hydrogen-bond donors (Lipinski definition) is 0. The average molecular weight is 340 g/mol. The second-order valence-electron chi connectivity index (χ2n) is 5.48. The van der Waals surface area contributed by atoms with Gasteiger partial charge in [-0.1, -0.05) is 41.1 Å². The molecule has 2 aliphatic rings. The van der Waals surface area contributed by atoms with Gasteiger partial charge in [0.05, 0.1) is 5.25 Å². The summed E-state index contributed by atoms with van der Waals surface area (Å²) in [5, 5.41) is 0.0940. The van der Waals surface area contributed by atoms with Gasteiger partial charge in [-0.05, 0) is 30.4 Å². The van der Waals surface area contributed by atoms with E-state index in [2.05, 4.69) is 52.0 Å². The molecule has 1 saturated heterocycles. The van der Waals surface area contributed by atoms with Crippen molar-refractivity contribution in [3.63, 3.8) is 0 Å². The number of amides is 1. The zero-order chi connectivity index (χ0) is 13.4. The number of carbonyl (C=O) groups is 1. The summed E-state index contributed by atoms with van der Waals surface area (Å²) in [5.41, 5.74) is 1.33. The van der Waals surface area contributed by atoms with Gasteiger partial charge in [0.25, 0.3) is 0 Å². The molecule has 3 rings (SSSR count). The highest BCUT2D eigenvalue weighted by atomic mass is 79.9. The minimum Gasteiger partial charge on any atom is -0.341 e. The average Bonchev–Trinajstić information content (AvgIpc) is 2.85. The van der Waals surface area contributed by atoms with Gasteiger partial charge in [0.1, 0.15) is 0 Å². The fourth-order valence-corrected chi connectivity index (χ4v) is 4.49. The van der Waals surface area contributed by atoms with Crippen molar-refractivity contribution in [2.24, 2.45) is 5.92 Å². The Bertz CT molecular complexity index is 468. The molecule has 0 radical (unpaired) electrons. The topological polar surface area (TPSA) is 20.3 Å². The Morgan fingerprint density at radius 3 is 2.95 bits per heavy atom. The Balaban J connectivity index is 1.67. The van der Waals surface area contributed by atoms with Crippen LogP contribution in [0.5, 0.6) is 0 Å². The highest BCUT2D eigenvalue weighted by Crippen LogP contribution is 2.38. The molecule has 0 aromatic heterocycles. The van der Waals surface area contributed by atoms with Gasteiger partial charge in [-0.3, -0.25) is 4.79 Å². The van der Waals surface area contributed by atoms with E-state index in [0.29, 0.717) is 16.7 Å². The number of likely N-dealkylation sites (tertiary alicyclic amines) is 1. The minimum atomic E-state index is 0.0940. The van der Waals surface area contributed by atoms with Crippen molar-refractivity contribution in [2.45, 2.75) is 34.7 Å². The van der Waals surface area contributed by atoms with Crippen molar-refractivity contribution in [1.29, 1.82) is 0 Å². The lowest BCUT2D eigenvalue weighted by Crippen LogP contribution is -2.46. The summed E-state index contributed by atoms with van der Waals surface area (Å²) in [6.45, 7) is 4.00. The van der Waals surface area contributed by atoms with Crippen LogP contribution >= 0.6 is 27.7 Å². The molecule has 0 aliphatic carbocycles. The second-order valence-corrected chi connectivity index (χ2v) is 7.91. The molecule has 3 unspecified atom stereocenters. The highest BCUT2D eigenvalue weighted by Gasteiger charge is 2.34. The molecule has 2 heterocycles. The molecule has 0 spiro atoms. The van der Waals surface area contributed by atoms with Crippen molar-refractivity contribution in [2.75, 3.05) is 13.1 Å². The number of halogens is 1. The van der Waals surface area contributed by atoms with Gasteiger partial charge in [0.15, 0.2) is 0 Å². The van der Waals surface area contributed by atoms with E-state index in [9.17, 15) is 4.79 Å². The Hall–Kier alpha value is -0.480. The normalized spacial score (nSPS) is 30.2. The molecule has 1 amide bonds. The molecule has 0 bridgehead atoms. The standard InChI is InChI=1S/C15H18BrNOS/c1-10-9-17(7-6-12(10)16)15(18)14-8-11-4-2-3-5-13(11)19-14/h2-5,10,12,14H,6-9H2,1H3. The molecule has 1 fully saturated rings. The van der Waals surface area contributed by atoms with Gasteiger partial charge in [-0.25, -0.2) is 0 Å². The van der Waals surface area contributed by atoms with Crippen LogP contribution in [-0.2, 0) is 11.2 Å². The number of alkyl halides is 1. The number of nitrogens with zero attached hydrogens (tertiary/aromatic N) is 1. The van der Waals surface area contributed by atoms with Crippen molar-refractivity contribution in [1.82, 2.24) is 4.90 Å². The largest absolute Gasteiger partial charge is 0.341 e. The molecule has 102 valence electrons. The molecular formula is C15H18BrNOS. The number of piperidine rings is 1. The van der Waals surface area contributed by atoms with E-state index >= 15 is 0 Å². The van der Waals surface area contributed by atoms with Crippen molar-refractivity contribution in [3.05, 3.63) is 29.8 Å². The number of rotatable bonds is 1. The first-order chi connectivity index (χ1) is 9.15. The predicted octanol–water partition coefficient (Wildman–Crippen LogP) is 3.34. The molecule has 0 N–H and O–H groups in total. The minimum absolute atomic E-state index is 0.0940. The third kappa shape index (κ3) is 2.70. The Morgan fingerprint density at radius 1 is 1.42 bits per heavy atom. The van der Waals surface area contributed by atoms with Crippen molar-refractivity contribution >= 4 is 33.6 Å². The van der Waals surface area contributed by atoms with E-state index in [1.165, 1.54) is 10.5 Å². The Morgan fingerprint density at radius 2 is 2.21 bits per heavy atom. The molecule has 4 heteroatoms. The summed E-state index contributed by atoms with van der Waals surface area (Å²) in [7, 11) is 0. The van der Waals surface area contributed by atoms with Crippen LogP contribution in [0.25, 0.3) is 0 Å². The Kier molecular flexibility index (Phi) is 3.90. The van der Waals surface area contributed by atoms with Gasteiger partial charge < -0.3 is 4.90 Å². The lowest BCUT2D eigenvalue weighted by Gasteiger charge is -2.35. The first-order valence-corrected chi connectivity index (χ1v) is 8.62. The van der Waals surface area contributed by atoms with Gasteiger partial charge in [0, 0.05) is 22.8 Å². The fourth-order valence-electron chi connectivity index (χ4n) is 2.84. The van der Waals surface area contributed by atoms with Crippen LogP contribution in [0.4, 0.5) is 0 Å². The summed E-state index contributed by atoms with van der Waals surface area (Å²) in [5.74, 6) is 0.874. The van der Waals surface area contributed by atoms with Crippen LogP contribution in [0, 0.1) is 5.92 Å². The number of thioether (sulfide) groups is 1. The summed E-state index contributed by atoms with van der Waals surface area (Å²) >= 11 is 5.43. The molecule has 1 aromatic carbocycles. The van der Waals surface area contributed by atoms with Gasteiger partial charge in [-0.15, -0.1) is 11.8 Å². The summed E-state index contributed by atoms with van der Waals surface area (Å²) < 4.78 is 0. The van der Waals surface area contributed by atoms with Gasteiger partial charge in [-0.2, -0.15) is 0 Å². The monoisotopic (exact) mass is 339 g/mol. The fraction of sp³-hybridized carbons (Fsp3) is 0.533. The second kappa shape index (κ2) is 5.49. The molecule has 3 atom stereocenters. The predicted molar refractivity (Wildman–Crippen MR) is 82.9 cm³/mol. The van der Waals surface area contributed by atoms with E-state index < -0.39 is 0 Å². The number of benzene rings is 1. The van der Waals surface area contributed by atoms with Gasteiger partial charge in [0.2, 0.25) is 5.91 Å². The molecule has 2 aliphatic heterocycles. The van der Waals surface area contributed by atoms with E-state index in [0.717, 1.165) is 25.9 Å². The molecular weight excluding hydrogens is 322 g/mol. The Labute approximate surface area is 127 Å². The van der Waals surface area contributed by atoms with E-state index in [1.807, 2.05) is 0 Å². The van der Waals surface area contributed by atoms with E-state index in [1.54, 1.807) is 11.8 Å². The van der Waals surface area contributed by atoms with Crippen LogP contribution in [-0.4, -0.2) is 34.0 Å². The first-order valence-electron chi connectivity index (χ1n) is 6.82. The van der Waals surface area contributed by atoms with E-state index in [-0.39, 0.29) is 5.25 Å². The van der Waals surface area contributed by atoms with E-state index in [4.69, 9.17) is 0 Å². The maximum absolute atomic E-state index is 12.6. The zero-order valence-corrected chi connectivity index (χ0v) is 13.4. The van der Waals surface area contributed by atoms with Crippen LogP contribution in [0.3, 0.4) is 0 Å². The third-order valence-corrected chi connectivity index (χ3v) is 6.70. The summed E-state index contributed by atoms with van der Waals surface area (Å²) in [4.78, 5) is 16.5. The van der Waals surface area contributed by atoms with Gasteiger partial charge >= 0.3 is 0 Å². The molecule has 19 heavy (non-hydrogen) atoms. The van der Waals surface area contributed by atoms with Crippen molar-refractivity contribution < 1.29 is 4.79 Å². The smallest absolute Gasteiger partial charge is 0.236 e. The zero-order valence-electron chi connectivity index (χ0n) is 11.0. The molecule has 1 aromatic rings. The maximum Gasteiger partial charge on any atom is 0.236 e. The number of carbonyl (C=O) groups excluding carboxylic acids is 1. The number of hydrogen-bond acceptors (Lipinski definition) is 2. The lowest BCUT2D eigenvalue weighted by atomic mass is 9.99. The first kappa shape index (κ1) is 13.5. The van der Waals surface area contributed by atoms with Crippen LogP contribution in [0.15, 0.2) is 29.2 Å². The quantitative estimate of drug-likeness (QED) is 0.731. The SMILES string of the molecule is CC1CN(C(=O)C2Cc3ccccc3S2)CCC1Br. The molecule has 2 nitrogen and oxygen atoms in total. The van der Waals surface area contributed by atoms with Crippen LogP contribution in [0.2, 0.25) is 0 Å². The third-order valence-electron chi connectivity index (χ3n) is 4.03. The summed E-state index contributed by atoms with van der Waals surface area (Å²) in [6, 6.07) is 8.38. The maximum atomic E-state index is 12.6. The molecule has 0 saturated carbocycles. The summed E-state index contributed by atoms with van der Waals surface area (Å²) in [6.07, 6.45) is 1.96. The lowest BCUT2D eigenvalue weighted by molar-refractivity contribution is -0.132. The highest BCUT2D eigenvalue weighted by molar-refractivity contribution is 9.09. The van der Waals surface area contributed by atoms with Crippen LogP contribution < -0.4 is 0 Å². The number of fused-ring (bicyclic) bond motifs is 1. The van der Waals surface area contributed by atoms with Crippen molar-refractivity contribution in [3.8, 4) is 0 Å². The van der Waals surface area contributed by atoms with Crippen LogP contribution in [0.1, 0.15) is 18.9 Å².